The smallest absolute Gasteiger partial charge is 0.0835 e. The number of rotatable bonds is 1. The largest absolute Gasteiger partial charge is 0.369 e. The minimum Gasteiger partial charge on any atom is -0.369 e. The van der Waals surface area contributed by atoms with Crippen LogP contribution in [0, 0.1) is 5.41 Å². The summed E-state index contributed by atoms with van der Waals surface area (Å²) < 4.78 is 6.15. The molecule has 1 saturated carbocycles. The molecule has 0 aromatic heterocycles. The third kappa shape index (κ3) is 1.40. The molecule has 76 valence electrons. The van der Waals surface area contributed by atoms with Crippen LogP contribution in [0.25, 0.3) is 0 Å². The van der Waals surface area contributed by atoms with Crippen LogP contribution in [0.1, 0.15) is 40.5 Å². The van der Waals surface area contributed by atoms with Crippen LogP contribution < -0.4 is 5.32 Å². The van der Waals surface area contributed by atoms with Crippen LogP contribution in [-0.2, 0) is 4.74 Å². The molecule has 1 heterocycles. The Hall–Kier alpha value is -0.0800. The molecule has 2 rings (SSSR count). The van der Waals surface area contributed by atoms with Crippen molar-refractivity contribution in [3.8, 4) is 0 Å². The lowest BCUT2D eigenvalue weighted by Gasteiger charge is -2.45. The summed E-state index contributed by atoms with van der Waals surface area (Å²) in [6, 6.07) is 0.496. The highest BCUT2D eigenvalue weighted by Gasteiger charge is 2.55. The fraction of sp³-hybridized carbons (Fsp3) is 1.00. The monoisotopic (exact) mass is 183 g/mol. The van der Waals surface area contributed by atoms with Crippen LogP contribution >= 0.6 is 0 Å². The number of nitrogens with one attached hydrogen (secondary N) is 1. The van der Waals surface area contributed by atoms with Gasteiger partial charge < -0.3 is 10.1 Å². The maximum atomic E-state index is 6.15. The van der Waals surface area contributed by atoms with Gasteiger partial charge in [-0.1, -0.05) is 6.92 Å². The van der Waals surface area contributed by atoms with Crippen LogP contribution in [0.4, 0.5) is 0 Å². The highest BCUT2D eigenvalue weighted by Crippen LogP contribution is 2.56. The van der Waals surface area contributed by atoms with E-state index in [0.717, 1.165) is 6.54 Å². The minimum absolute atomic E-state index is 0.0684. The molecule has 2 fully saturated rings. The van der Waals surface area contributed by atoms with E-state index in [1.165, 1.54) is 12.8 Å². The molecule has 2 aliphatic rings. The molecule has 2 nitrogen and oxygen atoms in total. The zero-order valence-electron chi connectivity index (χ0n) is 9.18. The first-order valence-electron chi connectivity index (χ1n) is 5.38. The van der Waals surface area contributed by atoms with E-state index < -0.39 is 0 Å². The van der Waals surface area contributed by atoms with Gasteiger partial charge in [0.25, 0.3) is 0 Å². The van der Waals surface area contributed by atoms with Crippen molar-refractivity contribution in [2.24, 2.45) is 5.41 Å². The average Bonchev–Trinajstić information content (AvgIpc) is 2.79. The van der Waals surface area contributed by atoms with E-state index in [1.54, 1.807) is 0 Å². The highest BCUT2D eigenvalue weighted by molar-refractivity contribution is 5.07. The van der Waals surface area contributed by atoms with Gasteiger partial charge in [-0.15, -0.1) is 0 Å². The Morgan fingerprint density at radius 3 is 2.31 bits per heavy atom. The molecule has 3 unspecified atom stereocenters. The summed E-state index contributed by atoms with van der Waals surface area (Å²) in [5, 5.41) is 3.54. The third-order valence-corrected chi connectivity index (χ3v) is 4.19. The Kier molecular flexibility index (Phi) is 1.97. The zero-order chi connectivity index (χ0) is 9.69. The second-order valence-corrected chi connectivity index (χ2v) is 5.28. The molecule has 1 saturated heterocycles. The van der Waals surface area contributed by atoms with E-state index in [4.69, 9.17) is 4.74 Å². The predicted octanol–water partition coefficient (Wildman–Crippen LogP) is 1.94. The van der Waals surface area contributed by atoms with Gasteiger partial charge in [0.05, 0.1) is 11.7 Å². The number of ether oxygens (including phenoxy) is 1. The second kappa shape index (κ2) is 2.71. The van der Waals surface area contributed by atoms with Gasteiger partial charge in [-0.3, -0.25) is 0 Å². The summed E-state index contributed by atoms with van der Waals surface area (Å²) in [6.45, 7) is 9.97. The Bertz CT molecular complexity index is 212. The highest BCUT2D eigenvalue weighted by atomic mass is 16.5. The SMILES string of the molecule is CC1NCC(C)(C2(C)CC2)OC1C. The molecule has 0 radical (unpaired) electrons. The van der Waals surface area contributed by atoms with E-state index in [2.05, 4.69) is 33.0 Å². The van der Waals surface area contributed by atoms with Crippen molar-refractivity contribution in [3.63, 3.8) is 0 Å². The molecule has 1 aliphatic heterocycles. The lowest BCUT2D eigenvalue weighted by Crippen LogP contribution is -2.59. The average molecular weight is 183 g/mol. The van der Waals surface area contributed by atoms with Crippen molar-refractivity contribution < 1.29 is 4.74 Å². The molecule has 0 spiro atoms. The Morgan fingerprint density at radius 2 is 1.85 bits per heavy atom. The molecule has 0 amide bonds. The second-order valence-electron chi connectivity index (χ2n) is 5.28. The molecule has 0 aromatic carbocycles. The van der Waals surface area contributed by atoms with E-state index in [9.17, 15) is 0 Å². The molecular weight excluding hydrogens is 162 g/mol. The Labute approximate surface area is 81.0 Å². The van der Waals surface area contributed by atoms with E-state index >= 15 is 0 Å². The first kappa shape index (κ1) is 9.47. The van der Waals surface area contributed by atoms with Gasteiger partial charge in [0, 0.05) is 12.6 Å². The number of morpholine rings is 1. The van der Waals surface area contributed by atoms with Gasteiger partial charge >= 0.3 is 0 Å². The third-order valence-electron chi connectivity index (χ3n) is 4.19. The van der Waals surface area contributed by atoms with Crippen LogP contribution in [0.2, 0.25) is 0 Å². The van der Waals surface area contributed by atoms with Gasteiger partial charge in [0.15, 0.2) is 0 Å². The van der Waals surface area contributed by atoms with Gasteiger partial charge in [-0.05, 0) is 39.0 Å². The molecule has 2 heteroatoms. The normalized spacial score (nSPS) is 48.9. The molecular formula is C11H21NO. The topological polar surface area (TPSA) is 21.3 Å². The maximum Gasteiger partial charge on any atom is 0.0835 e. The standard InChI is InChI=1S/C11H21NO/c1-8-9(2)13-11(4,7-12-8)10(3)5-6-10/h8-9,12H,5-7H2,1-4H3. The number of hydrogen-bond acceptors (Lipinski definition) is 2. The van der Waals surface area contributed by atoms with Crippen molar-refractivity contribution in [2.45, 2.75) is 58.3 Å². The van der Waals surface area contributed by atoms with Gasteiger partial charge in [-0.25, -0.2) is 0 Å². The van der Waals surface area contributed by atoms with Crippen molar-refractivity contribution in [3.05, 3.63) is 0 Å². The van der Waals surface area contributed by atoms with Crippen molar-refractivity contribution >= 4 is 0 Å². The Balaban J connectivity index is 2.08. The lowest BCUT2D eigenvalue weighted by atomic mass is 9.85. The van der Waals surface area contributed by atoms with E-state index in [-0.39, 0.29) is 5.60 Å². The molecule has 1 N–H and O–H groups in total. The summed E-state index contributed by atoms with van der Waals surface area (Å²) in [7, 11) is 0. The van der Waals surface area contributed by atoms with Crippen LogP contribution in [0.15, 0.2) is 0 Å². The lowest BCUT2D eigenvalue weighted by molar-refractivity contribution is -0.149. The first-order valence-corrected chi connectivity index (χ1v) is 5.38. The minimum atomic E-state index is 0.0684. The molecule has 3 atom stereocenters. The summed E-state index contributed by atoms with van der Waals surface area (Å²) in [5.41, 5.74) is 0.507. The fourth-order valence-electron chi connectivity index (χ4n) is 2.15. The zero-order valence-corrected chi connectivity index (χ0v) is 9.18. The predicted molar refractivity (Wildman–Crippen MR) is 53.8 cm³/mol. The van der Waals surface area contributed by atoms with Crippen LogP contribution in [-0.4, -0.2) is 24.3 Å². The summed E-state index contributed by atoms with van der Waals surface area (Å²) in [4.78, 5) is 0. The summed E-state index contributed by atoms with van der Waals surface area (Å²) in [6.07, 6.45) is 3.00. The van der Waals surface area contributed by atoms with Crippen LogP contribution in [0.5, 0.6) is 0 Å². The first-order chi connectivity index (χ1) is 5.97. The summed E-state index contributed by atoms with van der Waals surface area (Å²) >= 11 is 0. The number of hydrogen-bond donors (Lipinski definition) is 1. The molecule has 1 aliphatic carbocycles. The van der Waals surface area contributed by atoms with E-state index in [1.807, 2.05) is 0 Å². The van der Waals surface area contributed by atoms with Crippen LogP contribution in [0.3, 0.4) is 0 Å². The molecule has 0 aromatic rings. The molecule has 13 heavy (non-hydrogen) atoms. The van der Waals surface area contributed by atoms with Crippen molar-refractivity contribution in [2.75, 3.05) is 6.54 Å². The maximum absolute atomic E-state index is 6.15. The van der Waals surface area contributed by atoms with Crippen molar-refractivity contribution in [1.29, 1.82) is 0 Å². The van der Waals surface area contributed by atoms with Gasteiger partial charge in [-0.2, -0.15) is 0 Å². The Morgan fingerprint density at radius 1 is 1.23 bits per heavy atom. The van der Waals surface area contributed by atoms with Gasteiger partial charge in [0.1, 0.15) is 0 Å². The van der Waals surface area contributed by atoms with Crippen molar-refractivity contribution in [1.82, 2.24) is 5.32 Å². The molecule has 0 bridgehead atoms. The quantitative estimate of drug-likeness (QED) is 0.671. The van der Waals surface area contributed by atoms with Gasteiger partial charge in [0.2, 0.25) is 0 Å². The summed E-state index contributed by atoms with van der Waals surface area (Å²) in [5.74, 6) is 0. The fourth-order valence-corrected chi connectivity index (χ4v) is 2.15. The van der Waals surface area contributed by atoms with E-state index in [0.29, 0.717) is 17.6 Å².